The largest absolute Gasteiger partial charge is 0.489 e. The zero-order valence-electron chi connectivity index (χ0n) is 26.1. The van der Waals surface area contributed by atoms with Crippen LogP contribution in [0.1, 0.15) is 19.5 Å². The number of hydrogen-bond donors (Lipinski definition) is 7. The van der Waals surface area contributed by atoms with Gasteiger partial charge in [0.1, 0.15) is 42.3 Å². The number of nitrogen functional groups attached to an aromatic ring is 1. The minimum Gasteiger partial charge on any atom is -0.489 e. The predicted octanol–water partition coefficient (Wildman–Crippen LogP) is -2.37. The van der Waals surface area contributed by atoms with Crippen LogP contribution in [0.25, 0.3) is 10.9 Å². The molecule has 1 unspecified atom stereocenters. The molecule has 0 aliphatic carbocycles. The quantitative estimate of drug-likeness (QED) is 0.0267. The number of nitrogens with one attached hydrogen (secondary N) is 2. The molecule has 2 aromatic heterocycles. The van der Waals surface area contributed by atoms with Crippen LogP contribution in [0.5, 0.6) is 5.75 Å². The van der Waals surface area contributed by atoms with Crippen molar-refractivity contribution in [3.05, 3.63) is 35.5 Å². The number of carboxylic acid groups (broad SMARTS) is 1. The van der Waals surface area contributed by atoms with E-state index in [1.165, 1.54) is 19.2 Å². The van der Waals surface area contributed by atoms with Crippen LogP contribution in [0.3, 0.4) is 0 Å². The topological polar surface area (TPSA) is 281 Å². The number of amides is 2. The van der Waals surface area contributed by atoms with Crippen molar-refractivity contribution >= 4 is 61.3 Å². The van der Waals surface area contributed by atoms with Crippen molar-refractivity contribution in [2.24, 2.45) is 11.1 Å². The van der Waals surface area contributed by atoms with Crippen molar-refractivity contribution in [3.8, 4) is 5.75 Å². The van der Waals surface area contributed by atoms with Crippen LogP contribution in [0, 0.1) is 5.92 Å². The van der Waals surface area contributed by atoms with Gasteiger partial charge in [0.25, 0.3) is 17.9 Å². The molecule has 8 N–H and O–H groups in total. The Hall–Kier alpha value is -4.45. The fourth-order valence-electron chi connectivity index (χ4n) is 5.14. The van der Waals surface area contributed by atoms with E-state index in [2.05, 4.69) is 25.1 Å². The van der Waals surface area contributed by atoms with Gasteiger partial charge in [-0.2, -0.15) is 18.2 Å². The summed E-state index contributed by atoms with van der Waals surface area (Å²) in [4.78, 5) is 47.1. The lowest BCUT2D eigenvalue weighted by Crippen LogP contribution is -2.76. The van der Waals surface area contributed by atoms with Gasteiger partial charge in [0.15, 0.2) is 17.4 Å². The second-order valence-electron chi connectivity index (χ2n) is 11.9. The summed E-state index contributed by atoms with van der Waals surface area (Å²) in [6.07, 6.45) is -0.837. The summed E-state index contributed by atoms with van der Waals surface area (Å²) in [6.45, 7) is 4.27. The Morgan fingerprint density at radius 2 is 2.06 bits per heavy atom. The number of carboxylic acids is 1. The summed E-state index contributed by atoms with van der Waals surface area (Å²) >= 11 is 0.946. The summed E-state index contributed by atoms with van der Waals surface area (Å²) in [5, 5.41) is 41.1. The number of aliphatic hydroxyl groups excluding tert-OH is 2. The number of carbonyl (C=O) groups is 3. The van der Waals surface area contributed by atoms with Gasteiger partial charge < -0.3 is 41.3 Å². The minimum atomic E-state index is -5.03. The van der Waals surface area contributed by atoms with E-state index >= 15 is 0 Å². The number of thiazole rings is 1. The molecule has 3 atom stereocenters. The van der Waals surface area contributed by atoms with Crippen LogP contribution < -0.4 is 25.8 Å². The number of nitrogens with two attached hydrogens (primary N) is 1. The number of fused-ring (bicyclic) bond motifs is 1. The van der Waals surface area contributed by atoms with E-state index in [0.29, 0.717) is 17.5 Å². The van der Waals surface area contributed by atoms with Gasteiger partial charge in [-0.15, -0.1) is 20.3 Å². The zero-order valence-corrected chi connectivity index (χ0v) is 27.8. The van der Waals surface area contributed by atoms with Crippen LogP contribution in [-0.4, -0.2) is 117 Å². The number of aromatic nitrogens is 3. The van der Waals surface area contributed by atoms with Crippen LogP contribution in [0.15, 0.2) is 34.9 Å². The molecule has 5 rings (SSSR count). The molecule has 0 saturated carbocycles. The van der Waals surface area contributed by atoms with Gasteiger partial charge in [-0.05, 0) is 32.0 Å². The number of ether oxygens (including phenoxy) is 1. The van der Waals surface area contributed by atoms with E-state index in [9.17, 15) is 38.1 Å². The average molecular weight is 728 g/mol. The molecule has 0 radical (unpaired) electrons. The molecule has 0 bridgehead atoms. The number of benzene rings is 1. The van der Waals surface area contributed by atoms with E-state index in [-0.39, 0.29) is 23.1 Å². The monoisotopic (exact) mass is 727 g/mol. The van der Waals surface area contributed by atoms with Crippen LogP contribution in [0.4, 0.5) is 5.13 Å². The molecule has 49 heavy (non-hydrogen) atoms. The third-order valence-electron chi connectivity index (χ3n) is 7.83. The van der Waals surface area contributed by atoms with E-state index in [4.69, 9.17) is 19.9 Å². The van der Waals surface area contributed by atoms with E-state index in [0.717, 1.165) is 35.3 Å². The van der Waals surface area contributed by atoms with E-state index in [1.54, 1.807) is 18.2 Å². The van der Waals surface area contributed by atoms with Gasteiger partial charge in [-0.25, -0.2) is 9.78 Å². The Labute approximate surface area is 282 Å². The fourth-order valence-corrected chi connectivity index (χ4v) is 6.14. The molecule has 20 nitrogen and oxygen atoms in total. The lowest BCUT2D eigenvalue weighted by molar-refractivity contribution is -0.779. The summed E-state index contributed by atoms with van der Waals surface area (Å²) in [5.74, 6) is -2.84. The third-order valence-corrected chi connectivity index (χ3v) is 8.84. The first-order valence-corrected chi connectivity index (χ1v) is 17.0. The number of carbonyl (C=O) groups excluding carboxylic acids is 2. The van der Waals surface area contributed by atoms with Crippen molar-refractivity contribution in [1.29, 1.82) is 0 Å². The molecule has 1 aromatic carbocycles. The SMILES string of the molecule is CC1(C)[C@H](NC(=O)/C(=N\O[C@@H](COc2ccc3c(c2)c[n+](CC2CNC2)n3CC(O)CO)C(=O)O)c2csc(N)n2)C(=O)N1OS(=O)(=O)O. The maximum absolute atomic E-state index is 13.3. The molecule has 2 amide bonds. The number of aliphatic hydroxyl groups is 2. The van der Waals surface area contributed by atoms with Gasteiger partial charge in [-0.1, -0.05) is 5.16 Å². The summed E-state index contributed by atoms with van der Waals surface area (Å²) in [7, 11) is -5.03. The lowest BCUT2D eigenvalue weighted by atomic mass is 9.84. The Kier molecular flexibility index (Phi) is 10.4. The van der Waals surface area contributed by atoms with Crippen LogP contribution >= 0.6 is 11.3 Å². The van der Waals surface area contributed by atoms with Crippen molar-refractivity contribution in [2.75, 3.05) is 32.0 Å². The average Bonchev–Trinajstić information content (AvgIpc) is 3.59. The molecular weight excluding hydrogens is 692 g/mol. The number of nitrogens with zero attached hydrogens (tertiary/aromatic N) is 5. The smallest absolute Gasteiger partial charge is 0.418 e. The molecule has 2 aliphatic rings. The van der Waals surface area contributed by atoms with Gasteiger partial charge in [0.05, 0.1) is 17.5 Å². The predicted molar refractivity (Wildman–Crippen MR) is 168 cm³/mol. The first kappa shape index (κ1) is 35.8. The van der Waals surface area contributed by atoms with E-state index < -0.39 is 70.9 Å². The molecule has 0 spiro atoms. The fraction of sp³-hybridized carbons (Fsp3) is 0.481. The molecule has 266 valence electrons. The third kappa shape index (κ3) is 8.07. The second kappa shape index (κ2) is 14.2. The van der Waals surface area contributed by atoms with Crippen molar-refractivity contribution in [1.82, 2.24) is 25.4 Å². The highest BCUT2D eigenvalue weighted by atomic mass is 32.3. The Morgan fingerprint density at radius 1 is 1.33 bits per heavy atom. The molecule has 2 aliphatic heterocycles. The highest BCUT2D eigenvalue weighted by Gasteiger charge is 2.58. The summed E-state index contributed by atoms with van der Waals surface area (Å²) in [5.41, 5.74) is 4.37. The van der Waals surface area contributed by atoms with Crippen molar-refractivity contribution < 1.29 is 61.2 Å². The second-order valence-corrected chi connectivity index (χ2v) is 13.8. The number of oxime groups is 1. The van der Waals surface area contributed by atoms with Crippen molar-refractivity contribution in [3.63, 3.8) is 0 Å². The number of aliphatic carboxylic acids is 1. The first-order chi connectivity index (χ1) is 23.1. The number of anilines is 1. The Bertz CT molecular complexity index is 1870. The summed E-state index contributed by atoms with van der Waals surface area (Å²) in [6, 6.07) is 3.67. The molecule has 2 fully saturated rings. The molecule has 2 saturated heterocycles. The Balaban J connectivity index is 1.31. The summed E-state index contributed by atoms with van der Waals surface area (Å²) < 4.78 is 45.0. The number of hydroxylamine groups is 2. The lowest BCUT2D eigenvalue weighted by Gasteiger charge is -2.50. The number of rotatable bonds is 16. The van der Waals surface area contributed by atoms with E-state index in [1.807, 2.05) is 15.6 Å². The van der Waals surface area contributed by atoms with Crippen molar-refractivity contribution in [2.45, 2.75) is 50.7 Å². The van der Waals surface area contributed by atoms with Gasteiger partial charge in [0.2, 0.25) is 6.20 Å². The zero-order chi connectivity index (χ0) is 35.7. The highest BCUT2D eigenvalue weighted by molar-refractivity contribution is 7.80. The van der Waals surface area contributed by atoms with Gasteiger partial charge in [-0.3, -0.25) is 14.1 Å². The van der Waals surface area contributed by atoms with Crippen LogP contribution in [-0.2, 0) is 47.0 Å². The molecule has 22 heteroatoms. The Morgan fingerprint density at radius 3 is 2.63 bits per heavy atom. The molecule has 3 aromatic rings. The molecular formula is C27H35N8O12S2+. The van der Waals surface area contributed by atoms with Gasteiger partial charge in [0, 0.05) is 24.4 Å². The number of β-lactam (4-membered cyclic amide) rings is 1. The molecule has 4 heterocycles. The van der Waals surface area contributed by atoms with Gasteiger partial charge >= 0.3 is 16.4 Å². The van der Waals surface area contributed by atoms with Crippen LogP contribution in [0.2, 0.25) is 0 Å². The highest BCUT2D eigenvalue weighted by Crippen LogP contribution is 2.33. The normalized spacial score (nSPS) is 19.2. The first-order valence-electron chi connectivity index (χ1n) is 14.7. The minimum absolute atomic E-state index is 0.0437. The maximum atomic E-state index is 13.3. The standard InChI is InChI=1S/C27H34N8O12S2/c1-27(2)22(24(39)35(27)47-49(42,43)44)31-23(38)21(18-13-48-26(28)30-18)32-46-20(25(40)41)12-45-17-3-4-19-15(5-17)9-33(8-14-6-29-7-14)34(19)10-16(37)11-36/h3-5,9,13-14,16,20,22,29,36-37H,6-8,10-12H2,1-2H3,(H4-,28,30,31,38,40,41,42,43,44)/p+1/b32-21-/t16?,20-,22+/m0/s1. The maximum Gasteiger partial charge on any atom is 0.418 e. The number of hydrogen-bond acceptors (Lipinski definition) is 15.